The molecular formula is C33H52FN5O3S. The third-order valence-corrected chi connectivity index (χ3v) is 10.4. The zero-order valence-corrected chi connectivity index (χ0v) is 27.1. The second-order valence-electron chi connectivity index (χ2n) is 12.3. The Labute approximate surface area is 261 Å². The van der Waals surface area contributed by atoms with E-state index in [2.05, 4.69) is 29.2 Å². The number of hydrogen-bond acceptors (Lipinski definition) is 7. The van der Waals surface area contributed by atoms with Crippen LogP contribution in [-0.2, 0) is 14.4 Å². The van der Waals surface area contributed by atoms with Crippen LogP contribution in [0.25, 0.3) is 10.2 Å². The van der Waals surface area contributed by atoms with Gasteiger partial charge in [0.15, 0.2) is 5.13 Å². The molecule has 43 heavy (non-hydrogen) atoms. The van der Waals surface area contributed by atoms with Crippen LogP contribution in [0.2, 0.25) is 0 Å². The van der Waals surface area contributed by atoms with Crippen LogP contribution < -0.4 is 16.0 Å². The lowest BCUT2D eigenvalue weighted by atomic mass is 9.77. The summed E-state index contributed by atoms with van der Waals surface area (Å²) in [6.07, 6.45) is 15.3. The fourth-order valence-electron chi connectivity index (χ4n) is 6.44. The molecule has 3 fully saturated rings. The summed E-state index contributed by atoms with van der Waals surface area (Å²) < 4.78 is 12.8. The maximum absolute atomic E-state index is 11.9. The van der Waals surface area contributed by atoms with Crippen molar-refractivity contribution < 1.29 is 18.8 Å². The number of rotatable bonds is 11. The summed E-state index contributed by atoms with van der Waals surface area (Å²) in [7, 11) is 2.29. The van der Waals surface area contributed by atoms with Gasteiger partial charge in [-0.2, -0.15) is 0 Å². The lowest BCUT2D eigenvalue weighted by Gasteiger charge is -2.31. The number of anilines is 2. The van der Waals surface area contributed by atoms with Gasteiger partial charge in [-0.05, 0) is 82.7 Å². The van der Waals surface area contributed by atoms with Crippen molar-refractivity contribution in [1.82, 2.24) is 9.88 Å². The number of likely N-dealkylation sites (tertiary alicyclic amines) is 1. The number of fused-ring (bicyclic) bond motifs is 1. The highest BCUT2D eigenvalue weighted by molar-refractivity contribution is 7.22. The summed E-state index contributed by atoms with van der Waals surface area (Å²) in [5, 5.41) is 3.35. The van der Waals surface area contributed by atoms with Crippen molar-refractivity contribution in [1.29, 1.82) is 0 Å². The van der Waals surface area contributed by atoms with Crippen LogP contribution in [0.3, 0.4) is 0 Å². The quantitative estimate of drug-likeness (QED) is 0.276. The summed E-state index contributed by atoms with van der Waals surface area (Å²) in [5.74, 6) is 2.36. The first kappa shape index (κ1) is 35.1. The molecule has 3 N–H and O–H groups in total. The highest BCUT2D eigenvalue weighted by Crippen LogP contribution is 2.38. The maximum atomic E-state index is 11.9. The monoisotopic (exact) mass is 617 g/mol. The van der Waals surface area contributed by atoms with E-state index in [-0.39, 0.29) is 17.9 Å². The Morgan fingerprint density at radius 1 is 1.14 bits per heavy atom. The number of aromatic nitrogens is 1. The predicted molar refractivity (Wildman–Crippen MR) is 175 cm³/mol. The number of hydrogen-bond donors (Lipinski definition) is 2. The van der Waals surface area contributed by atoms with Gasteiger partial charge in [0.2, 0.25) is 12.3 Å². The predicted octanol–water partition coefficient (Wildman–Crippen LogP) is 6.58. The van der Waals surface area contributed by atoms with Crippen molar-refractivity contribution in [3.05, 3.63) is 18.2 Å². The average molecular weight is 618 g/mol. The van der Waals surface area contributed by atoms with Gasteiger partial charge in [0.05, 0.1) is 10.2 Å². The van der Waals surface area contributed by atoms with E-state index < -0.39 is 6.67 Å². The summed E-state index contributed by atoms with van der Waals surface area (Å²) in [5.41, 5.74) is 6.97. The minimum atomic E-state index is -0.460. The lowest BCUT2D eigenvalue weighted by Crippen LogP contribution is -2.30. The molecule has 4 unspecified atom stereocenters. The van der Waals surface area contributed by atoms with E-state index in [0.29, 0.717) is 19.3 Å². The zero-order valence-electron chi connectivity index (χ0n) is 26.3. The number of nitrogens with one attached hydrogen (secondary N) is 1. The first-order chi connectivity index (χ1) is 20.8. The third kappa shape index (κ3) is 10.6. The molecule has 1 saturated carbocycles. The molecule has 1 aromatic heterocycles. The number of amides is 2. The Balaban J connectivity index is 0.000000182. The Kier molecular flexibility index (Phi) is 15.0. The standard InChI is InChI=1S/C12H11N3O2S.C12H23N.C9H18FNO/c16-7-13-8-3-4-9-10(6-8)18-12(14-9)15-5-1-2-11(15)17;1-10-12(8-9-13(10)2)11-6-4-3-5-7-11;1-2-8(7-12)4-3-5-9(11)6-10/h3-4,6-7H,1-2,5H2,(H,13,16);10-12H,3-9H2,1-2H3;7-9H,2-6,11H2,1H3. The summed E-state index contributed by atoms with van der Waals surface area (Å²) in [4.78, 5) is 41.2. The van der Waals surface area contributed by atoms with Gasteiger partial charge >= 0.3 is 0 Å². The summed E-state index contributed by atoms with van der Waals surface area (Å²) >= 11 is 1.48. The molecule has 2 saturated heterocycles. The number of nitrogens with zero attached hydrogens (tertiary/aromatic N) is 3. The van der Waals surface area contributed by atoms with Crippen LogP contribution in [-0.4, -0.2) is 67.4 Å². The molecule has 2 amide bonds. The second kappa shape index (κ2) is 18.4. The fraction of sp³-hybridized carbons (Fsp3) is 0.697. The van der Waals surface area contributed by atoms with Crippen molar-refractivity contribution >= 4 is 51.0 Å². The largest absolute Gasteiger partial charge is 0.329 e. The van der Waals surface area contributed by atoms with Gasteiger partial charge in [-0.25, -0.2) is 9.37 Å². The highest BCUT2D eigenvalue weighted by atomic mass is 32.1. The highest BCUT2D eigenvalue weighted by Gasteiger charge is 2.34. The normalized spacial score (nSPS) is 22.3. The minimum Gasteiger partial charge on any atom is -0.329 e. The molecule has 240 valence electrons. The van der Waals surface area contributed by atoms with E-state index in [4.69, 9.17) is 5.73 Å². The number of aldehydes is 1. The van der Waals surface area contributed by atoms with E-state index in [1.807, 2.05) is 19.1 Å². The first-order valence-corrected chi connectivity index (χ1v) is 17.0. The van der Waals surface area contributed by atoms with Gasteiger partial charge in [-0.1, -0.05) is 56.8 Å². The van der Waals surface area contributed by atoms with Gasteiger partial charge in [-0.3, -0.25) is 14.5 Å². The van der Waals surface area contributed by atoms with E-state index >= 15 is 0 Å². The van der Waals surface area contributed by atoms with Crippen LogP contribution in [0.4, 0.5) is 15.2 Å². The smallest absolute Gasteiger partial charge is 0.228 e. The summed E-state index contributed by atoms with van der Waals surface area (Å²) in [6, 6.07) is 6.02. The van der Waals surface area contributed by atoms with Crippen LogP contribution in [0.1, 0.15) is 90.9 Å². The molecule has 1 aliphatic carbocycles. The summed E-state index contributed by atoms with van der Waals surface area (Å²) in [6.45, 7) is 6.03. The first-order valence-electron chi connectivity index (χ1n) is 16.2. The SMILES string of the molecule is CC1C(C2CCCCC2)CCN1C.CCC(C=O)CCCC(N)CF.O=CNc1ccc2nc(N3CCCC3=O)sc2c1. The second-order valence-corrected chi connectivity index (χ2v) is 13.3. The maximum Gasteiger partial charge on any atom is 0.228 e. The van der Waals surface area contributed by atoms with Gasteiger partial charge in [0.1, 0.15) is 13.0 Å². The molecule has 1 aromatic carbocycles. The molecule has 3 heterocycles. The van der Waals surface area contributed by atoms with Gasteiger partial charge in [0.25, 0.3) is 0 Å². The molecule has 10 heteroatoms. The molecule has 2 aliphatic heterocycles. The van der Waals surface area contributed by atoms with Crippen molar-refractivity contribution in [2.45, 2.75) is 103 Å². The molecule has 4 atom stereocenters. The average Bonchev–Trinajstić information content (AvgIpc) is 3.74. The third-order valence-electron chi connectivity index (χ3n) is 9.36. The molecule has 2 aromatic rings. The molecular weight excluding hydrogens is 565 g/mol. The molecule has 8 nitrogen and oxygen atoms in total. The Morgan fingerprint density at radius 3 is 2.49 bits per heavy atom. The van der Waals surface area contributed by atoms with Crippen molar-refractivity contribution in [2.24, 2.45) is 23.5 Å². The topological polar surface area (TPSA) is 109 Å². The number of carbonyl (C=O) groups excluding carboxylic acids is 3. The van der Waals surface area contributed by atoms with Gasteiger partial charge in [0, 0.05) is 36.7 Å². The number of halogens is 1. The van der Waals surface area contributed by atoms with Crippen LogP contribution in [0, 0.1) is 17.8 Å². The molecule has 5 rings (SSSR count). The minimum absolute atomic E-state index is 0.136. The molecule has 0 bridgehead atoms. The Morgan fingerprint density at radius 2 is 1.91 bits per heavy atom. The van der Waals surface area contributed by atoms with E-state index in [1.54, 1.807) is 11.0 Å². The van der Waals surface area contributed by atoms with Gasteiger partial charge < -0.3 is 20.7 Å². The number of benzene rings is 1. The molecule has 0 spiro atoms. The van der Waals surface area contributed by atoms with E-state index in [0.717, 1.165) is 77.4 Å². The Bertz CT molecular complexity index is 1140. The lowest BCUT2D eigenvalue weighted by molar-refractivity contribution is -0.117. The van der Waals surface area contributed by atoms with Crippen LogP contribution in [0.5, 0.6) is 0 Å². The number of nitrogens with two attached hydrogens (primary N) is 1. The van der Waals surface area contributed by atoms with Crippen LogP contribution >= 0.6 is 11.3 Å². The molecule has 0 radical (unpaired) electrons. The zero-order chi connectivity index (χ0) is 31.2. The number of alkyl halides is 1. The number of thiazole rings is 1. The van der Waals surface area contributed by atoms with Crippen molar-refractivity contribution in [3.8, 4) is 0 Å². The van der Waals surface area contributed by atoms with Crippen LogP contribution in [0.15, 0.2) is 18.2 Å². The van der Waals surface area contributed by atoms with E-state index in [1.165, 1.54) is 56.4 Å². The van der Waals surface area contributed by atoms with Crippen molar-refractivity contribution in [3.63, 3.8) is 0 Å². The fourth-order valence-corrected chi connectivity index (χ4v) is 7.49. The van der Waals surface area contributed by atoms with Crippen molar-refractivity contribution in [2.75, 3.05) is 37.0 Å². The molecule has 3 aliphatic rings. The van der Waals surface area contributed by atoms with Gasteiger partial charge in [-0.15, -0.1) is 0 Å². The number of carbonyl (C=O) groups is 3. The van der Waals surface area contributed by atoms with E-state index in [9.17, 15) is 18.8 Å². The Hall–Kier alpha value is -2.43.